The van der Waals surface area contributed by atoms with Gasteiger partial charge in [-0.2, -0.15) is 0 Å². The minimum Gasteiger partial charge on any atom is -0.493 e. The Morgan fingerprint density at radius 1 is 1.13 bits per heavy atom. The zero-order valence-corrected chi connectivity index (χ0v) is 19.0. The van der Waals surface area contributed by atoms with Crippen molar-refractivity contribution in [2.45, 2.75) is 52.1 Å². The molecule has 0 aromatic heterocycles. The summed E-state index contributed by atoms with van der Waals surface area (Å²) in [5.41, 5.74) is 2.74. The predicted octanol–water partition coefficient (Wildman–Crippen LogP) is 4.41. The summed E-state index contributed by atoms with van der Waals surface area (Å²) in [6.07, 6.45) is 1.68. The van der Waals surface area contributed by atoms with E-state index in [2.05, 4.69) is 5.32 Å². The molecule has 0 unspecified atom stereocenters. The molecule has 0 spiro atoms. The number of hydrogen-bond donors (Lipinski definition) is 1. The summed E-state index contributed by atoms with van der Waals surface area (Å²) >= 11 is 0. The van der Waals surface area contributed by atoms with E-state index < -0.39 is 6.04 Å². The van der Waals surface area contributed by atoms with Crippen molar-refractivity contribution in [1.29, 1.82) is 0 Å². The molecule has 0 radical (unpaired) electrons. The van der Waals surface area contributed by atoms with Crippen molar-refractivity contribution >= 4 is 17.5 Å². The van der Waals surface area contributed by atoms with Gasteiger partial charge in [-0.3, -0.25) is 9.59 Å². The summed E-state index contributed by atoms with van der Waals surface area (Å²) < 4.78 is 10.9. The lowest BCUT2D eigenvalue weighted by Gasteiger charge is -2.41. The Balaban J connectivity index is 2.10. The molecule has 0 aliphatic carbocycles. The van der Waals surface area contributed by atoms with Crippen molar-refractivity contribution in [1.82, 2.24) is 5.32 Å². The molecule has 0 bridgehead atoms. The molecule has 6 heteroatoms. The lowest BCUT2D eigenvalue weighted by molar-refractivity contribution is -0.129. The van der Waals surface area contributed by atoms with Crippen LogP contribution in [0.15, 0.2) is 42.5 Å². The summed E-state index contributed by atoms with van der Waals surface area (Å²) in [5.74, 6) is 0.792. The summed E-state index contributed by atoms with van der Waals surface area (Å²) in [6, 6.07) is 13.1. The Morgan fingerprint density at radius 3 is 2.42 bits per heavy atom. The van der Waals surface area contributed by atoms with Crippen molar-refractivity contribution in [2.24, 2.45) is 5.92 Å². The Kier molecular flexibility index (Phi) is 7.21. The average Bonchev–Trinajstić information content (AvgIpc) is 2.78. The van der Waals surface area contributed by atoms with Gasteiger partial charge < -0.3 is 19.7 Å². The number of carbonyl (C=O) groups is 2. The normalized spacial score (nSPS) is 19.6. The number of nitrogens with zero attached hydrogens (tertiary/aromatic N) is 1. The van der Waals surface area contributed by atoms with Gasteiger partial charge in [-0.25, -0.2) is 0 Å². The Morgan fingerprint density at radius 2 is 1.81 bits per heavy atom. The molecule has 166 valence electrons. The first-order chi connectivity index (χ1) is 14.9. The SMILES string of the molecule is CC[C@@H](C)NC(=O)[C@@H]1CCC(=O)N(c2ccc(C)cc2)[C@@H]1c1ccc(OC)c(OC)c1. The minimum atomic E-state index is -0.437. The van der Waals surface area contributed by atoms with Gasteiger partial charge in [-0.05, 0) is 56.5 Å². The predicted molar refractivity (Wildman–Crippen MR) is 122 cm³/mol. The van der Waals surface area contributed by atoms with E-state index in [9.17, 15) is 9.59 Å². The Hall–Kier alpha value is -3.02. The van der Waals surface area contributed by atoms with Gasteiger partial charge in [0.15, 0.2) is 11.5 Å². The minimum absolute atomic E-state index is 0.0104. The Labute approximate surface area is 184 Å². The number of rotatable bonds is 7. The van der Waals surface area contributed by atoms with Gasteiger partial charge >= 0.3 is 0 Å². The highest BCUT2D eigenvalue weighted by atomic mass is 16.5. The van der Waals surface area contributed by atoms with E-state index in [0.29, 0.717) is 24.3 Å². The molecule has 0 saturated carbocycles. The molecular weight excluding hydrogens is 392 g/mol. The second-order valence-electron chi connectivity index (χ2n) is 8.12. The third-order valence-electron chi connectivity index (χ3n) is 6.00. The van der Waals surface area contributed by atoms with Crippen LogP contribution < -0.4 is 19.7 Å². The van der Waals surface area contributed by atoms with Crippen LogP contribution in [0.4, 0.5) is 5.69 Å². The van der Waals surface area contributed by atoms with Crippen molar-refractivity contribution in [3.8, 4) is 11.5 Å². The lowest BCUT2D eigenvalue weighted by Crippen LogP contribution is -2.49. The van der Waals surface area contributed by atoms with Crippen LogP contribution >= 0.6 is 0 Å². The first-order valence-corrected chi connectivity index (χ1v) is 10.8. The second kappa shape index (κ2) is 9.86. The van der Waals surface area contributed by atoms with Crippen LogP contribution in [0.3, 0.4) is 0 Å². The van der Waals surface area contributed by atoms with E-state index in [1.807, 2.05) is 63.2 Å². The molecule has 6 nitrogen and oxygen atoms in total. The van der Waals surface area contributed by atoms with E-state index in [0.717, 1.165) is 23.2 Å². The monoisotopic (exact) mass is 424 g/mol. The van der Waals surface area contributed by atoms with Crippen molar-refractivity contribution in [3.63, 3.8) is 0 Å². The number of methoxy groups -OCH3 is 2. The molecule has 2 aromatic rings. The lowest BCUT2D eigenvalue weighted by atomic mass is 9.82. The number of aryl methyl sites for hydroxylation is 1. The molecule has 2 amide bonds. The van der Waals surface area contributed by atoms with Gasteiger partial charge in [0.05, 0.1) is 26.2 Å². The zero-order valence-electron chi connectivity index (χ0n) is 19.0. The van der Waals surface area contributed by atoms with Crippen LogP contribution in [-0.2, 0) is 9.59 Å². The van der Waals surface area contributed by atoms with E-state index >= 15 is 0 Å². The van der Waals surface area contributed by atoms with E-state index in [4.69, 9.17) is 9.47 Å². The molecule has 1 aliphatic rings. The number of hydrogen-bond acceptors (Lipinski definition) is 4. The average molecular weight is 425 g/mol. The highest BCUT2D eigenvalue weighted by molar-refractivity contribution is 5.97. The van der Waals surface area contributed by atoms with Gasteiger partial charge in [-0.15, -0.1) is 0 Å². The molecule has 1 heterocycles. The number of anilines is 1. The van der Waals surface area contributed by atoms with Gasteiger partial charge in [0.25, 0.3) is 0 Å². The summed E-state index contributed by atoms with van der Waals surface area (Å²) in [6.45, 7) is 6.05. The molecule has 3 rings (SSSR count). The molecule has 1 aliphatic heterocycles. The number of piperidine rings is 1. The van der Waals surface area contributed by atoms with Crippen LogP contribution in [0.1, 0.15) is 50.3 Å². The molecule has 1 N–H and O–H groups in total. The number of carbonyl (C=O) groups excluding carboxylic acids is 2. The molecule has 1 saturated heterocycles. The summed E-state index contributed by atoms with van der Waals surface area (Å²) in [4.78, 5) is 28.2. The largest absolute Gasteiger partial charge is 0.493 e. The fraction of sp³-hybridized carbons (Fsp3) is 0.440. The molecule has 31 heavy (non-hydrogen) atoms. The number of nitrogens with one attached hydrogen (secondary N) is 1. The topological polar surface area (TPSA) is 67.9 Å². The third kappa shape index (κ3) is 4.84. The summed E-state index contributed by atoms with van der Waals surface area (Å²) in [5, 5.41) is 3.11. The maximum absolute atomic E-state index is 13.3. The van der Waals surface area contributed by atoms with Crippen molar-refractivity contribution in [2.75, 3.05) is 19.1 Å². The smallest absolute Gasteiger partial charge is 0.227 e. The van der Waals surface area contributed by atoms with Crippen LogP contribution in [0.2, 0.25) is 0 Å². The zero-order chi connectivity index (χ0) is 22.5. The van der Waals surface area contributed by atoms with Crippen LogP contribution in [0.25, 0.3) is 0 Å². The quantitative estimate of drug-likeness (QED) is 0.715. The van der Waals surface area contributed by atoms with Crippen molar-refractivity contribution in [3.05, 3.63) is 53.6 Å². The van der Waals surface area contributed by atoms with E-state index in [-0.39, 0.29) is 23.8 Å². The third-order valence-corrected chi connectivity index (χ3v) is 6.00. The molecule has 3 atom stereocenters. The number of amides is 2. The number of ether oxygens (including phenoxy) is 2. The number of benzene rings is 2. The van der Waals surface area contributed by atoms with Crippen LogP contribution in [0.5, 0.6) is 11.5 Å². The van der Waals surface area contributed by atoms with Gasteiger partial charge in [0.1, 0.15) is 0 Å². The highest BCUT2D eigenvalue weighted by Crippen LogP contribution is 2.42. The fourth-order valence-electron chi connectivity index (χ4n) is 4.05. The van der Waals surface area contributed by atoms with Gasteiger partial charge in [-0.1, -0.05) is 30.7 Å². The summed E-state index contributed by atoms with van der Waals surface area (Å²) in [7, 11) is 3.17. The maximum Gasteiger partial charge on any atom is 0.227 e. The van der Waals surface area contributed by atoms with Crippen LogP contribution in [-0.4, -0.2) is 32.1 Å². The maximum atomic E-state index is 13.3. The van der Waals surface area contributed by atoms with Crippen LogP contribution in [0, 0.1) is 12.8 Å². The second-order valence-corrected chi connectivity index (χ2v) is 8.12. The first-order valence-electron chi connectivity index (χ1n) is 10.8. The fourth-order valence-corrected chi connectivity index (χ4v) is 4.05. The van der Waals surface area contributed by atoms with Crippen molar-refractivity contribution < 1.29 is 19.1 Å². The molecule has 1 fully saturated rings. The van der Waals surface area contributed by atoms with Gasteiger partial charge in [0, 0.05) is 18.2 Å². The van der Waals surface area contributed by atoms with E-state index in [1.54, 1.807) is 19.1 Å². The standard InChI is InChI=1S/C25H32N2O4/c1-6-17(3)26-25(29)20-12-14-23(28)27(19-10-7-16(2)8-11-19)24(20)18-9-13-21(30-4)22(15-18)31-5/h7-11,13,15,17,20,24H,6,12,14H2,1-5H3,(H,26,29)/t17-,20-,24-/m1/s1. The Bertz CT molecular complexity index is 926. The molecule has 2 aromatic carbocycles. The first kappa shape index (κ1) is 22.7. The van der Waals surface area contributed by atoms with E-state index in [1.165, 1.54) is 0 Å². The van der Waals surface area contributed by atoms with Gasteiger partial charge in [0.2, 0.25) is 11.8 Å². The highest BCUT2D eigenvalue weighted by Gasteiger charge is 2.42. The molecular formula is C25H32N2O4.